The summed E-state index contributed by atoms with van der Waals surface area (Å²) in [7, 11) is 0. The minimum absolute atomic E-state index is 0.176. The van der Waals surface area contributed by atoms with E-state index in [1.165, 1.54) is 12.1 Å². The predicted octanol–water partition coefficient (Wildman–Crippen LogP) is -0.898. The van der Waals surface area contributed by atoms with E-state index in [9.17, 15) is 19.2 Å². The summed E-state index contributed by atoms with van der Waals surface area (Å²) in [6.45, 7) is 1.49. The number of urea groups is 1. The molecule has 1 rings (SSSR count). The highest BCUT2D eigenvalue weighted by Gasteiger charge is 2.16. The van der Waals surface area contributed by atoms with E-state index >= 15 is 0 Å². The number of hydrogen-bond donors (Lipinski definition) is 5. The first-order valence-electron chi connectivity index (χ1n) is 8.45. The van der Waals surface area contributed by atoms with E-state index in [0.29, 0.717) is 0 Å². The van der Waals surface area contributed by atoms with E-state index in [4.69, 9.17) is 22.6 Å². The van der Waals surface area contributed by atoms with Crippen LogP contribution >= 0.6 is 0 Å². The third-order valence-corrected chi connectivity index (χ3v) is 3.23. The van der Waals surface area contributed by atoms with Crippen molar-refractivity contribution in [2.45, 2.75) is 19.4 Å². The van der Waals surface area contributed by atoms with Crippen LogP contribution in [-0.2, 0) is 14.3 Å². The minimum atomic E-state index is -0.876. The van der Waals surface area contributed by atoms with Crippen LogP contribution in [0.5, 0.6) is 0 Å². The van der Waals surface area contributed by atoms with Crippen LogP contribution in [0, 0.1) is 12.3 Å². The molecule has 0 radical (unpaired) electrons. The lowest BCUT2D eigenvalue weighted by atomic mass is 10.2. The summed E-state index contributed by atoms with van der Waals surface area (Å²) in [6.07, 6.45) is 5.11. The quantitative estimate of drug-likeness (QED) is 0.163. The molecule has 1 unspecified atom stereocenters. The number of aliphatic imine (C=N–C) groups is 1. The molecule has 7 N–H and O–H groups in total. The summed E-state index contributed by atoms with van der Waals surface area (Å²) < 4.78 is 4.77. The van der Waals surface area contributed by atoms with Gasteiger partial charge >= 0.3 is 12.0 Å². The molecule has 0 aromatic heterocycles. The maximum Gasteiger partial charge on any atom is 0.318 e. The summed E-state index contributed by atoms with van der Waals surface area (Å²) >= 11 is 0. The normalized spacial score (nSPS) is 11.5. The van der Waals surface area contributed by atoms with Gasteiger partial charge in [-0.25, -0.2) is 9.79 Å². The van der Waals surface area contributed by atoms with Gasteiger partial charge in [0.2, 0.25) is 11.9 Å². The molecule has 154 valence electrons. The number of terminal acetylenes is 1. The Morgan fingerprint density at radius 3 is 2.62 bits per heavy atom. The number of nitrogens with two attached hydrogens (primary N) is 2. The van der Waals surface area contributed by atoms with Gasteiger partial charge in [0.15, 0.2) is 0 Å². The van der Waals surface area contributed by atoms with E-state index in [-0.39, 0.29) is 36.8 Å². The van der Waals surface area contributed by atoms with Crippen molar-refractivity contribution in [2.75, 3.05) is 13.2 Å². The molecule has 1 aromatic carbocycles. The number of nitrogens with one attached hydrogen (secondary N) is 3. The Balaban J connectivity index is 2.62. The Hall–Kier alpha value is -4.07. The van der Waals surface area contributed by atoms with Gasteiger partial charge in [-0.15, -0.1) is 6.42 Å². The largest absolute Gasteiger partial charge is 0.466 e. The molecule has 29 heavy (non-hydrogen) atoms. The van der Waals surface area contributed by atoms with Crippen LogP contribution in [0.3, 0.4) is 0 Å². The number of esters is 1. The van der Waals surface area contributed by atoms with E-state index in [1.807, 2.05) is 0 Å². The van der Waals surface area contributed by atoms with Crippen molar-refractivity contribution in [3.8, 4) is 12.3 Å². The van der Waals surface area contributed by atoms with Crippen LogP contribution < -0.4 is 27.4 Å². The summed E-state index contributed by atoms with van der Waals surface area (Å²) in [5.74, 6) is 0.362. The van der Waals surface area contributed by atoms with E-state index in [0.717, 1.165) is 0 Å². The van der Waals surface area contributed by atoms with Gasteiger partial charge in [0.05, 0.1) is 25.3 Å². The van der Waals surface area contributed by atoms with Gasteiger partial charge in [0.25, 0.3) is 5.91 Å². The van der Waals surface area contributed by atoms with Gasteiger partial charge in [-0.1, -0.05) is 12.0 Å². The van der Waals surface area contributed by atoms with E-state index in [2.05, 4.69) is 26.9 Å². The summed E-state index contributed by atoms with van der Waals surface area (Å²) in [6, 6.07) is 4.25. The molecule has 0 saturated heterocycles. The number of nitrogens with zero attached hydrogens (tertiary/aromatic N) is 1. The summed E-state index contributed by atoms with van der Waals surface area (Å²) in [5.41, 5.74) is 10.9. The molecule has 1 aromatic rings. The van der Waals surface area contributed by atoms with Crippen LogP contribution in [-0.4, -0.2) is 49.0 Å². The van der Waals surface area contributed by atoms with Crippen LogP contribution in [0.2, 0.25) is 0 Å². The highest BCUT2D eigenvalue weighted by Crippen LogP contribution is 2.13. The molecular formula is C18H22N6O5. The van der Waals surface area contributed by atoms with E-state index < -0.39 is 29.9 Å². The summed E-state index contributed by atoms with van der Waals surface area (Å²) in [4.78, 5) is 50.2. The van der Waals surface area contributed by atoms with Crippen molar-refractivity contribution in [2.24, 2.45) is 16.5 Å². The fourth-order valence-electron chi connectivity index (χ4n) is 2.06. The number of primary amides is 1. The van der Waals surface area contributed by atoms with Crippen molar-refractivity contribution in [1.82, 2.24) is 16.0 Å². The minimum Gasteiger partial charge on any atom is -0.466 e. The topological polar surface area (TPSA) is 178 Å². The second-order valence-corrected chi connectivity index (χ2v) is 5.52. The molecule has 0 spiro atoms. The molecule has 0 aliphatic heterocycles. The van der Waals surface area contributed by atoms with Gasteiger partial charge in [0, 0.05) is 5.56 Å². The van der Waals surface area contributed by atoms with Crippen molar-refractivity contribution in [1.29, 1.82) is 0 Å². The Morgan fingerprint density at radius 1 is 1.28 bits per heavy atom. The van der Waals surface area contributed by atoms with Gasteiger partial charge < -0.3 is 26.8 Å². The molecule has 0 heterocycles. The monoisotopic (exact) mass is 402 g/mol. The van der Waals surface area contributed by atoms with Gasteiger partial charge in [-0.2, -0.15) is 0 Å². The van der Waals surface area contributed by atoms with Gasteiger partial charge in [-0.05, 0) is 25.1 Å². The standard InChI is InChI=1S/C18H22N6O5/c1-3-12(9-15(26)29-4-2)22-14(25)10-21-16(27)11-6-5-7-13(8-11)23-17(19)24-18(20)28/h1,5-8,12H,4,9-10H2,2H3,(H,21,27)(H,22,25)(H5,19,20,23,24,28). The number of ether oxygens (including phenoxy) is 1. The fourth-order valence-corrected chi connectivity index (χ4v) is 2.06. The third kappa shape index (κ3) is 8.91. The molecule has 0 saturated carbocycles. The Bertz CT molecular complexity index is 845. The molecule has 0 bridgehead atoms. The number of amides is 4. The van der Waals surface area contributed by atoms with E-state index in [1.54, 1.807) is 19.1 Å². The average molecular weight is 402 g/mol. The number of hydrogen-bond acceptors (Lipinski definition) is 6. The van der Waals surface area contributed by atoms with Crippen molar-refractivity contribution < 1.29 is 23.9 Å². The first-order valence-corrected chi connectivity index (χ1v) is 8.45. The van der Waals surface area contributed by atoms with Crippen LogP contribution in [0.1, 0.15) is 23.7 Å². The highest BCUT2D eigenvalue weighted by molar-refractivity contribution is 5.98. The first-order chi connectivity index (χ1) is 13.7. The van der Waals surface area contributed by atoms with Crippen LogP contribution in [0.25, 0.3) is 0 Å². The van der Waals surface area contributed by atoms with Crippen molar-refractivity contribution >= 4 is 35.5 Å². The molecule has 11 heteroatoms. The molecule has 0 aliphatic carbocycles. The van der Waals surface area contributed by atoms with Crippen molar-refractivity contribution in [3.63, 3.8) is 0 Å². The molecule has 0 fully saturated rings. The Kier molecular flexibility index (Phi) is 9.19. The maximum atomic E-state index is 12.2. The molecule has 4 amide bonds. The Labute approximate surface area is 167 Å². The average Bonchev–Trinajstić information content (AvgIpc) is 2.65. The zero-order valence-corrected chi connectivity index (χ0v) is 15.7. The third-order valence-electron chi connectivity index (χ3n) is 3.23. The SMILES string of the molecule is C#CC(CC(=O)OCC)NC(=O)CNC(=O)c1cccc(N=C(N)NC(N)=O)c1. The molecule has 11 nitrogen and oxygen atoms in total. The summed E-state index contributed by atoms with van der Waals surface area (Å²) in [5, 5.41) is 6.94. The number of carbonyl (C=O) groups excluding carboxylic acids is 4. The highest BCUT2D eigenvalue weighted by atomic mass is 16.5. The lowest BCUT2D eigenvalue weighted by Crippen LogP contribution is -2.42. The predicted molar refractivity (Wildman–Crippen MR) is 105 cm³/mol. The number of carbonyl (C=O) groups is 4. The Morgan fingerprint density at radius 2 is 2.00 bits per heavy atom. The zero-order valence-electron chi connectivity index (χ0n) is 15.7. The fraction of sp³-hybridized carbons (Fsp3) is 0.278. The lowest BCUT2D eigenvalue weighted by molar-refractivity contribution is -0.143. The number of benzene rings is 1. The first kappa shape index (κ1) is 23.0. The van der Waals surface area contributed by atoms with Crippen LogP contribution in [0.4, 0.5) is 10.5 Å². The number of guanidine groups is 1. The van der Waals surface area contributed by atoms with Crippen molar-refractivity contribution in [3.05, 3.63) is 29.8 Å². The molecule has 0 aliphatic rings. The van der Waals surface area contributed by atoms with Crippen LogP contribution in [0.15, 0.2) is 29.3 Å². The molecule has 1 atom stereocenters. The molecular weight excluding hydrogens is 380 g/mol. The van der Waals surface area contributed by atoms with Gasteiger partial charge in [0.1, 0.15) is 6.04 Å². The second kappa shape index (κ2) is 11.6. The number of rotatable bonds is 8. The van der Waals surface area contributed by atoms with Gasteiger partial charge in [-0.3, -0.25) is 19.7 Å². The smallest absolute Gasteiger partial charge is 0.318 e. The lowest BCUT2D eigenvalue weighted by Gasteiger charge is -2.13. The second-order valence-electron chi connectivity index (χ2n) is 5.52. The zero-order chi connectivity index (χ0) is 21.8. The maximum absolute atomic E-state index is 12.2.